The molecule has 0 aliphatic carbocycles. The van der Waals surface area contributed by atoms with Crippen molar-refractivity contribution in [3.63, 3.8) is 0 Å². The number of nitrogens with zero attached hydrogens (tertiary/aromatic N) is 3. The Morgan fingerprint density at radius 2 is 1.84 bits per heavy atom. The molecule has 9 heteroatoms. The number of anilines is 1. The van der Waals surface area contributed by atoms with Gasteiger partial charge >= 0.3 is 6.09 Å². The van der Waals surface area contributed by atoms with Crippen LogP contribution in [0.4, 0.5) is 19.3 Å². The molecular formula is C23H26F2N4O3. The predicted molar refractivity (Wildman–Crippen MR) is 119 cm³/mol. The number of aromatic nitrogens is 2. The van der Waals surface area contributed by atoms with Crippen molar-refractivity contribution < 1.29 is 18.3 Å². The topological polar surface area (TPSA) is 76.5 Å². The Labute approximate surface area is 184 Å². The Balaban J connectivity index is 2.19. The van der Waals surface area contributed by atoms with Crippen LogP contribution in [0.15, 0.2) is 47.3 Å². The van der Waals surface area contributed by atoms with Crippen LogP contribution < -0.4 is 15.9 Å². The number of hydrogen-bond acceptors (Lipinski definition) is 5. The predicted octanol–water partition coefficient (Wildman–Crippen LogP) is 4.55. The van der Waals surface area contributed by atoms with Crippen LogP contribution in [0.5, 0.6) is 0 Å². The number of amides is 1. The molecule has 1 aromatic heterocycles. The summed E-state index contributed by atoms with van der Waals surface area (Å²) in [6.45, 7) is 7.03. The molecule has 0 aliphatic heterocycles. The number of carbonyl (C=O) groups excluding carboxylic acids is 1. The summed E-state index contributed by atoms with van der Waals surface area (Å²) in [6, 6.07) is 8.94. The standard InChI is InChI=1S/C23H26F2N4O3/c1-6-17(27-22(31)32-23(2,3)4)20-26-18-9-7-8-16(25)19(18)21(30)29(20)28(5)15-12-10-14(24)11-13-15/h7-13,17H,6H2,1-5H3,(H,27,31)/t17-/m0/s1. The van der Waals surface area contributed by atoms with E-state index in [0.717, 1.165) is 0 Å². The van der Waals surface area contributed by atoms with E-state index in [1.807, 2.05) is 6.92 Å². The number of nitrogens with one attached hydrogen (secondary N) is 1. The minimum Gasteiger partial charge on any atom is -0.444 e. The minimum absolute atomic E-state index is 0.165. The Kier molecular flexibility index (Phi) is 6.47. The van der Waals surface area contributed by atoms with Gasteiger partial charge in [-0.3, -0.25) is 9.80 Å². The van der Waals surface area contributed by atoms with Gasteiger partial charge in [-0.05, 0) is 63.6 Å². The third-order valence-electron chi connectivity index (χ3n) is 4.76. The number of fused-ring (bicyclic) bond motifs is 1. The lowest BCUT2D eigenvalue weighted by Gasteiger charge is -2.29. The van der Waals surface area contributed by atoms with Gasteiger partial charge in [0.15, 0.2) is 5.82 Å². The molecule has 1 heterocycles. The summed E-state index contributed by atoms with van der Waals surface area (Å²) in [5.74, 6) is -0.954. The van der Waals surface area contributed by atoms with Gasteiger partial charge in [-0.1, -0.05) is 13.0 Å². The van der Waals surface area contributed by atoms with Crippen molar-refractivity contribution in [1.29, 1.82) is 0 Å². The SMILES string of the molecule is CC[C@H](NC(=O)OC(C)(C)C)c1nc2cccc(F)c2c(=O)n1N(C)c1ccc(F)cc1. The zero-order valence-electron chi connectivity index (χ0n) is 18.6. The number of carbonyl (C=O) groups is 1. The Morgan fingerprint density at radius 1 is 1.19 bits per heavy atom. The van der Waals surface area contributed by atoms with Crippen LogP contribution in [-0.4, -0.2) is 28.4 Å². The van der Waals surface area contributed by atoms with E-state index in [0.29, 0.717) is 12.1 Å². The Bertz CT molecular complexity index is 1190. The van der Waals surface area contributed by atoms with Crippen molar-refractivity contribution in [1.82, 2.24) is 15.0 Å². The van der Waals surface area contributed by atoms with Crippen LogP contribution >= 0.6 is 0 Å². The van der Waals surface area contributed by atoms with Gasteiger partial charge in [-0.25, -0.2) is 23.2 Å². The number of hydrogen-bond donors (Lipinski definition) is 1. The van der Waals surface area contributed by atoms with Crippen LogP contribution in [0, 0.1) is 11.6 Å². The summed E-state index contributed by atoms with van der Waals surface area (Å²) in [4.78, 5) is 30.4. The number of alkyl carbamates (subject to hydrolysis) is 1. The van der Waals surface area contributed by atoms with Crippen molar-refractivity contribution in [3.8, 4) is 0 Å². The second-order valence-corrected chi connectivity index (χ2v) is 8.33. The van der Waals surface area contributed by atoms with Crippen LogP contribution in [-0.2, 0) is 4.74 Å². The van der Waals surface area contributed by atoms with E-state index in [2.05, 4.69) is 10.3 Å². The summed E-state index contributed by atoms with van der Waals surface area (Å²) in [6.07, 6.45) is -0.294. The minimum atomic E-state index is -0.715. The summed E-state index contributed by atoms with van der Waals surface area (Å²) < 4.78 is 34.5. The second kappa shape index (κ2) is 8.94. The first kappa shape index (κ1) is 23.2. The summed E-state index contributed by atoms with van der Waals surface area (Å²) in [5.41, 5.74) is -0.732. The first-order chi connectivity index (χ1) is 15.0. The highest BCUT2D eigenvalue weighted by atomic mass is 19.1. The lowest BCUT2D eigenvalue weighted by molar-refractivity contribution is 0.0498. The van der Waals surface area contributed by atoms with Gasteiger partial charge in [0, 0.05) is 7.05 Å². The van der Waals surface area contributed by atoms with Crippen LogP contribution in [0.2, 0.25) is 0 Å². The van der Waals surface area contributed by atoms with E-state index in [1.165, 1.54) is 52.1 Å². The number of halogens is 2. The van der Waals surface area contributed by atoms with Gasteiger partial charge in [-0.2, -0.15) is 0 Å². The molecule has 3 rings (SSSR count). The zero-order chi connectivity index (χ0) is 23.6. The molecule has 0 spiro atoms. The van der Waals surface area contributed by atoms with Crippen molar-refractivity contribution in [2.45, 2.75) is 45.8 Å². The highest BCUT2D eigenvalue weighted by Gasteiger charge is 2.26. The lowest BCUT2D eigenvalue weighted by atomic mass is 10.1. The average Bonchev–Trinajstić information content (AvgIpc) is 2.70. The van der Waals surface area contributed by atoms with E-state index in [9.17, 15) is 18.4 Å². The summed E-state index contributed by atoms with van der Waals surface area (Å²) >= 11 is 0. The molecule has 1 amide bonds. The molecule has 0 aliphatic rings. The molecule has 32 heavy (non-hydrogen) atoms. The number of ether oxygens (including phenoxy) is 1. The molecule has 0 saturated carbocycles. The fourth-order valence-electron chi connectivity index (χ4n) is 3.29. The highest BCUT2D eigenvalue weighted by Crippen LogP contribution is 2.22. The maximum atomic E-state index is 14.5. The van der Waals surface area contributed by atoms with Crippen molar-refractivity contribution in [2.24, 2.45) is 0 Å². The zero-order valence-corrected chi connectivity index (χ0v) is 18.6. The molecule has 0 radical (unpaired) electrons. The molecule has 170 valence electrons. The summed E-state index contributed by atoms with van der Waals surface area (Å²) in [7, 11) is 1.58. The van der Waals surface area contributed by atoms with Gasteiger partial charge in [0.2, 0.25) is 0 Å². The van der Waals surface area contributed by atoms with Crippen molar-refractivity contribution in [3.05, 3.63) is 70.3 Å². The van der Waals surface area contributed by atoms with Crippen LogP contribution in [0.3, 0.4) is 0 Å². The van der Waals surface area contributed by atoms with Gasteiger partial charge in [0.05, 0.1) is 17.2 Å². The van der Waals surface area contributed by atoms with Crippen LogP contribution in [0.25, 0.3) is 10.9 Å². The molecule has 2 aromatic carbocycles. The first-order valence-electron chi connectivity index (χ1n) is 10.2. The number of benzene rings is 2. The van der Waals surface area contributed by atoms with E-state index in [1.54, 1.807) is 27.8 Å². The molecule has 1 atom stereocenters. The fourth-order valence-corrected chi connectivity index (χ4v) is 3.29. The third kappa shape index (κ3) is 4.87. The molecule has 0 unspecified atom stereocenters. The molecular weight excluding hydrogens is 418 g/mol. The van der Waals surface area contributed by atoms with Gasteiger partial charge in [-0.15, -0.1) is 0 Å². The smallest absolute Gasteiger partial charge is 0.408 e. The fraction of sp³-hybridized carbons (Fsp3) is 0.348. The maximum absolute atomic E-state index is 14.5. The lowest BCUT2D eigenvalue weighted by Crippen LogP contribution is -2.43. The van der Waals surface area contributed by atoms with E-state index >= 15 is 0 Å². The van der Waals surface area contributed by atoms with Crippen molar-refractivity contribution >= 4 is 22.7 Å². The highest BCUT2D eigenvalue weighted by molar-refractivity contribution is 5.78. The summed E-state index contributed by atoms with van der Waals surface area (Å²) in [5, 5.41) is 3.99. The molecule has 0 fully saturated rings. The average molecular weight is 444 g/mol. The molecule has 0 saturated heterocycles. The Hall–Kier alpha value is -3.49. The molecule has 0 bridgehead atoms. The Morgan fingerprint density at radius 3 is 2.44 bits per heavy atom. The second-order valence-electron chi connectivity index (χ2n) is 8.33. The van der Waals surface area contributed by atoms with E-state index in [-0.39, 0.29) is 16.7 Å². The van der Waals surface area contributed by atoms with Gasteiger partial charge in [0.25, 0.3) is 5.56 Å². The number of rotatable bonds is 5. The molecule has 3 aromatic rings. The monoisotopic (exact) mass is 444 g/mol. The van der Waals surface area contributed by atoms with Crippen LogP contribution in [0.1, 0.15) is 46.0 Å². The van der Waals surface area contributed by atoms with Gasteiger partial charge < -0.3 is 10.1 Å². The molecule has 7 nitrogen and oxygen atoms in total. The normalized spacial score (nSPS) is 12.5. The first-order valence-corrected chi connectivity index (χ1v) is 10.2. The van der Waals surface area contributed by atoms with Gasteiger partial charge in [0.1, 0.15) is 22.6 Å². The van der Waals surface area contributed by atoms with Crippen molar-refractivity contribution in [2.75, 3.05) is 12.1 Å². The maximum Gasteiger partial charge on any atom is 0.408 e. The van der Waals surface area contributed by atoms with E-state index in [4.69, 9.17) is 4.74 Å². The molecule has 1 N–H and O–H groups in total. The third-order valence-corrected chi connectivity index (χ3v) is 4.76. The van der Waals surface area contributed by atoms with E-state index < -0.39 is 34.9 Å². The largest absolute Gasteiger partial charge is 0.444 e. The quantitative estimate of drug-likeness (QED) is 0.625.